The van der Waals surface area contributed by atoms with Crippen LogP contribution in [0, 0.1) is 0 Å². The van der Waals surface area contributed by atoms with Gasteiger partial charge in [0.1, 0.15) is 6.54 Å². The average molecular weight is 659 g/mol. The van der Waals surface area contributed by atoms with E-state index in [1.54, 1.807) is 0 Å². The first-order valence-electron chi connectivity index (χ1n) is 20.4. The number of quaternary nitrogens is 1. The van der Waals surface area contributed by atoms with Crippen LogP contribution in [-0.2, 0) is 6.54 Å². The summed E-state index contributed by atoms with van der Waals surface area (Å²) in [7, 11) is 2.53. The Morgan fingerprint density at radius 1 is 0.413 bits per heavy atom. The normalized spacial score (nSPS) is 12.0. The van der Waals surface area contributed by atoms with Crippen LogP contribution in [0.2, 0.25) is 0 Å². The van der Waals surface area contributed by atoms with Gasteiger partial charge in [-0.15, -0.1) is 0 Å². The maximum absolute atomic E-state index is 2.53. The highest BCUT2D eigenvalue weighted by Crippen LogP contribution is 2.18. The molecule has 0 fully saturated rings. The fourth-order valence-corrected chi connectivity index (χ4v) is 6.78. The van der Waals surface area contributed by atoms with Crippen molar-refractivity contribution in [3.63, 3.8) is 0 Å². The molecule has 0 N–H and O–H groups in total. The lowest BCUT2D eigenvalue weighted by atomic mass is 10.1. The first-order chi connectivity index (χ1) is 22.2. The molecule has 0 spiro atoms. The van der Waals surface area contributed by atoms with E-state index in [1.165, 1.54) is 209 Å². The molecular weight excluding hydrogens is 578 g/mol. The highest BCUT2D eigenvalue weighted by molar-refractivity contribution is 5.13. The van der Waals surface area contributed by atoms with Crippen molar-refractivity contribution >= 4 is 0 Å². The van der Waals surface area contributed by atoms with Gasteiger partial charge >= 0.3 is 0 Å². The van der Waals surface area contributed by atoms with Gasteiger partial charge in [-0.25, -0.2) is 0 Å². The topological polar surface area (TPSA) is 0 Å². The molecule has 1 aromatic carbocycles. The highest BCUT2D eigenvalue weighted by Gasteiger charge is 2.21. The molecule has 0 aliphatic carbocycles. The third kappa shape index (κ3) is 30.3. The Kier molecular flexibility index (Phi) is 34.5. The zero-order valence-corrected chi connectivity index (χ0v) is 32.2. The smallest absolute Gasteiger partial charge is 0.104 e. The van der Waals surface area contributed by atoms with Crippen molar-refractivity contribution in [2.45, 2.75) is 200 Å². The van der Waals surface area contributed by atoms with E-state index >= 15 is 0 Å². The Labute approximate surface area is 296 Å². The Balaban J connectivity index is 0.0000202. The molecular formula is C44H80ClN. The number of unbranched alkanes of at least 4 members (excludes halogenated alkanes) is 24. The Hall–Kier alpha value is -1.05. The third-order valence-electron chi connectivity index (χ3n) is 9.83. The van der Waals surface area contributed by atoms with Gasteiger partial charge in [-0.1, -0.05) is 171 Å². The SMILES string of the molecule is CCCCCCCC/C=C\CCCCCCCC[N+](C)(CCCCCCCC/C=C\CCCCCCCC)Cc1ccccc1.[Cl-]. The third-order valence-corrected chi connectivity index (χ3v) is 9.83. The van der Waals surface area contributed by atoms with Gasteiger partial charge in [0.2, 0.25) is 0 Å². The van der Waals surface area contributed by atoms with Crippen LogP contribution in [0.5, 0.6) is 0 Å². The molecule has 0 unspecified atom stereocenters. The van der Waals surface area contributed by atoms with Crippen molar-refractivity contribution < 1.29 is 16.9 Å². The maximum Gasteiger partial charge on any atom is 0.104 e. The van der Waals surface area contributed by atoms with Crippen LogP contribution in [-0.4, -0.2) is 24.6 Å². The van der Waals surface area contributed by atoms with E-state index in [-0.39, 0.29) is 12.4 Å². The molecule has 0 heterocycles. The van der Waals surface area contributed by atoms with Crippen molar-refractivity contribution in [2.24, 2.45) is 0 Å². The maximum atomic E-state index is 2.53. The fraction of sp³-hybridized carbons (Fsp3) is 0.773. The zero-order chi connectivity index (χ0) is 32.4. The first kappa shape index (κ1) is 45.0. The number of halogens is 1. The summed E-state index contributed by atoms with van der Waals surface area (Å²) in [5.74, 6) is 0. The van der Waals surface area contributed by atoms with Crippen molar-refractivity contribution in [1.29, 1.82) is 0 Å². The van der Waals surface area contributed by atoms with Crippen LogP contribution in [0.15, 0.2) is 54.6 Å². The molecule has 0 bridgehead atoms. The summed E-state index contributed by atoms with van der Waals surface area (Å²) in [4.78, 5) is 0. The number of hydrogen-bond donors (Lipinski definition) is 0. The molecule has 2 heteroatoms. The Bertz CT molecular complexity index is 727. The van der Waals surface area contributed by atoms with E-state index in [9.17, 15) is 0 Å². The summed E-state index contributed by atoms with van der Waals surface area (Å²) in [6, 6.07) is 11.3. The van der Waals surface area contributed by atoms with E-state index in [0.29, 0.717) is 0 Å². The Morgan fingerprint density at radius 3 is 1.07 bits per heavy atom. The van der Waals surface area contributed by atoms with Crippen molar-refractivity contribution in [1.82, 2.24) is 0 Å². The van der Waals surface area contributed by atoms with Gasteiger partial charge in [0, 0.05) is 5.56 Å². The van der Waals surface area contributed by atoms with Gasteiger partial charge in [-0.3, -0.25) is 0 Å². The van der Waals surface area contributed by atoms with Crippen LogP contribution in [0.1, 0.15) is 199 Å². The van der Waals surface area contributed by atoms with Gasteiger partial charge in [-0.05, 0) is 77.0 Å². The van der Waals surface area contributed by atoms with Crippen LogP contribution >= 0.6 is 0 Å². The largest absolute Gasteiger partial charge is 1.00 e. The molecule has 0 aliphatic rings. The number of rotatable bonds is 34. The lowest BCUT2D eigenvalue weighted by Gasteiger charge is -2.35. The molecule has 1 nitrogen and oxygen atoms in total. The molecule has 0 amide bonds. The minimum absolute atomic E-state index is 0. The summed E-state index contributed by atoms with van der Waals surface area (Å²) in [5, 5.41) is 0. The summed E-state index contributed by atoms with van der Waals surface area (Å²) in [6.45, 7) is 8.46. The minimum atomic E-state index is 0. The molecule has 0 aliphatic heterocycles. The van der Waals surface area contributed by atoms with Gasteiger partial charge in [0.15, 0.2) is 0 Å². The summed E-state index contributed by atoms with van der Waals surface area (Å²) < 4.78 is 1.22. The Morgan fingerprint density at radius 2 is 0.717 bits per heavy atom. The van der Waals surface area contributed by atoms with Crippen LogP contribution < -0.4 is 12.4 Å². The van der Waals surface area contributed by atoms with Crippen molar-refractivity contribution in [3.8, 4) is 0 Å². The predicted molar refractivity (Wildman–Crippen MR) is 205 cm³/mol. The second-order valence-corrected chi connectivity index (χ2v) is 14.6. The number of hydrogen-bond acceptors (Lipinski definition) is 0. The lowest BCUT2D eigenvalue weighted by molar-refractivity contribution is -0.923. The van der Waals surface area contributed by atoms with Crippen LogP contribution in [0.25, 0.3) is 0 Å². The summed E-state index contributed by atoms with van der Waals surface area (Å²) >= 11 is 0. The van der Waals surface area contributed by atoms with Gasteiger partial charge in [0.05, 0.1) is 20.1 Å². The van der Waals surface area contributed by atoms with Gasteiger partial charge < -0.3 is 16.9 Å². The predicted octanol–water partition coefficient (Wildman–Crippen LogP) is 11.7. The standard InChI is InChI=1S/C44H80N.ClH/c1-4-6-8-10-12-14-16-18-20-22-24-26-28-30-32-37-41-45(3,43-44-39-35-34-36-40-44)42-38-33-31-29-27-25-23-21-19-17-15-13-11-9-7-5-2;/h18-21,34-36,39-40H,4-17,22-33,37-38,41-43H2,1-3H3;1H/q+1;/p-1/b20-18-,21-19-;. The van der Waals surface area contributed by atoms with Crippen molar-refractivity contribution in [3.05, 3.63) is 60.2 Å². The second kappa shape index (κ2) is 35.3. The molecule has 0 aromatic heterocycles. The molecule has 46 heavy (non-hydrogen) atoms. The fourth-order valence-electron chi connectivity index (χ4n) is 6.78. The van der Waals surface area contributed by atoms with E-state index in [2.05, 4.69) is 75.5 Å². The van der Waals surface area contributed by atoms with E-state index in [0.717, 1.165) is 0 Å². The number of nitrogens with zero attached hydrogens (tertiary/aromatic N) is 1. The van der Waals surface area contributed by atoms with E-state index < -0.39 is 0 Å². The molecule has 0 radical (unpaired) electrons. The van der Waals surface area contributed by atoms with Gasteiger partial charge in [-0.2, -0.15) is 0 Å². The molecule has 268 valence electrons. The molecule has 0 atom stereocenters. The molecule has 1 rings (SSSR count). The first-order valence-corrected chi connectivity index (χ1v) is 20.4. The van der Waals surface area contributed by atoms with Crippen molar-refractivity contribution in [2.75, 3.05) is 20.1 Å². The van der Waals surface area contributed by atoms with E-state index in [1.807, 2.05) is 0 Å². The average Bonchev–Trinajstić information content (AvgIpc) is 3.05. The van der Waals surface area contributed by atoms with E-state index in [4.69, 9.17) is 0 Å². The number of allylic oxidation sites excluding steroid dienone is 4. The molecule has 0 saturated carbocycles. The minimum Gasteiger partial charge on any atom is -1.00 e. The van der Waals surface area contributed by atoms with Crippen LogP contribution in [0.3, 0.4) is 0 Å². The quantitative estimate of drug-likeness (QED) is 0.0393. The van der Waals surface area contributed by atoms with Crippen LogP contribution in [0.4, 0.5) is 0 Å². The summed E-state index contributed by atoms with van der Waals surface area (Å²) in [6.07, 6.45) is 48.7. The molecule has 1 aromatic rings. The van der Waals surface area contributed by atoms with Gasteiger partial charge in [0.25, 0.3) is 0 Å². The number of benzene rings is 1. The zero-order valence-electron chi connectivity index (χ0n) is 31.4. The summed E-state index contributed by atoms with van der Waals surface area (Å²) in [5.41, 5.74) is 1.51. The second-order valence-electron chi connectivity index (χ2n) is 14.6. The lowest BCUT2D eigenvalue weighted by Crippen LogP contribution is -3.00. The molecule has 0 saturated heterocycles. The monoisotopic (exact) mass is 658 g/mol. The highest BCUT2D eigenvalue weighted by atomic mass is 35.5.